The summed E-state index contributed by atoms with van der Waals surface area (Å²) in [6, 6.07) is 18.7. The lowest BCUT2D eigenvalue weighted by Gasteiger charge is -2.20. The Balaban J connectivity index is 1.91. The molecule has 0 heterocycles. The van der Waals surface area contributed by atoms with Crippen molar-refractivity contribution in [3.8, 4) is 0 Å². The highest BCUT2D eigenvalue weighted by Crippen LogP contribution is 2.26. The normalized spacial score (nSPS) is 17.0. The molecule has 1 aliphatic carbocycles. The first kappa shape index (κ1) is 15.5. The lowest BCUT2D eigenvalue weighted by molar-refractivity contribution is -0.116. The van der Waals surface area contributed by atoms with Gasteiger partial charge in [0.25, 0.3) is 0 Å². The summed E-state index contributed by atoms with van der Waals surface area (Å²) in [6.45, 7) is 2.08. The zero-order valence-electron chi connectivity index (χ0n) is 13.6. The van der Waals surface area contributed by atoms with E-state index in [-0.39, 0.29) is 0 Å². The van der Waals surface area contributed by atoms with Gasteiger partial charge in [0.05, 0.1) is 0 Å². The third-order valence-corrected chi connectivity index (χ3v) is 4.35. The molecule has 0 radical (unpaired) electrons. The van der Waals surface area contributed by atoms with Gasteiger partial charge in [0.1, 0.15) is 0 Å². The van der Waals surface area contributed by atoms with Crippen molar-refractivity contribution in [3.05, 3.63) is 77.0 Å². The van der Waals surface area contributed by atoms with Gasteiger partial charge in [0, 0.05) is 29.8 Å². The van der Waals surface area contributed by atoms with Crippen LogP contribution in [0.2, 0.25) is 0 Å². The highest BCUT2D eigenvalue weighted by molar-refractivity contribution is 5.97. The van der Waals surface area contributed by atoms with Crippen LogP contribution in [0.25, 0.3) is 0 Å². The molecule has 1 aliphatic rings. The summed E-state index contributed by atoms with van der Waals surface area (Å²) in [6.07, 6.45) is 4.47. The number of aryl methyl sites for hydroxylation is 1. The van der Waals surface area contributed by atoms with Crippen LogP contribution >= 0.6 is 0 Å². The van der Waals surface area contributed by atoms with Gasteiger partial charge in [-0.15, -0.1) is 0 Å². The predicted octanol–water partition coefficient (Wildman–Crippen LogP) is 5.05. The van der Waals surface area contributed by atoms with E-state index in [1.165, 1.54) is 11.1 Å². The van der Waals surface area contributed by atoms with Gasteiger partial charge in [0.15, 0.2) is 5.78 Å². The average molecular weight is 305 g/mol. The summed E-state index contributed by atoms with van der Waals surface area (Å²) in [5.74, 6) is 0.307. The lowest BCUT2D eigenvalue weighted by atomic mass is 9.90. The molecule has 0 amide bonds. The SMILES string of the molecule is Cc1ccc(N/C(Cc2ccccc2)=C2/CCCCC2=O)cc1. The predicted molar refractivity (Wildman–Crippen MR) is 95.4 cm³/mol. The molecular weight excluding hydrogens is 282 g/mol. The van der Waals surface area contributed by atoms with E-state index in [1.807, 2.05) is 18.2 Å². The minimum atomic E-state index is 0.307. The van der Waals surface area contributed by atoms with E-state index in [1.54, 1.807) is 0 Å². The fraction of sp³-hybridized carbons (Fsp3) is 0.286. The monoisotopic (exact) mass is 305 g/mol. The molecule has 0 saturated heterocycles. The van der Waals surface area contributed by atoms with Gasteiger partial charge in [-0.1, -0.05) is 48.0 Å². The number of Topliss-reactive ketones (excluding diaryl/α,β-unsaturated/α-hetero) is 1. The molecule has 0 spiro atoms. The lowest BCUT2D eigenvalue weighted by Crippen LogP contribution is -2.16. The zero-order chi connectivity index (χ0) is 16.1. The summed E-state index contributed by atoms with van der Waals surface area (Å²) in [5.41, 5.74) is 5.56. The Morgan fingerprint density at radius 1 is 0.957 bits per heavy atom. The minimum absolute atomic E-state index is 0.307. The second-order valence-corrected chi connectivity index (χ2v) is 6.24. The summed E-state index contributed by atoms with van der Waals surface area (Å²) in [4.78, 5) is 12.4. The molecular formula is C21H23NO. The Labute approximate surface area is 138 Å². The topological polar surface area (TPSA) is 29.1 Å². The maximum atomic E-state index is 12.4. The molecule has 1 saturated carbocycles. The number of anilines is 1. The molecule has 2 heteroatoms. The number of carbonyl (C=O) groups excluding carboxylic acids is 1. The zero-order valence-corrected chi connectivity index (χ0v) is 13.6. The first-order valence-electron chi connectivity index (χ1n) is 8.35. The summed E-state index contributed by atoms with van der Waals surface area (Å²) < 4.78 is 0. The van der Waals surface area contributed by atoms with Crippen LogP contribution in [-0.2, 0) is 11.2 Å². The maximum Gasteiger partial charge on any atom is 0.160 e. The van der Waals surface area contributed by atoms with Gasteiger partial charge in [-0.05, 0) is 43.9 Å². The minimum Gasteiger partial charge on any atom is -0.358 e. The van der Waals surface area contributed by atoms with Gasteiger partial charge < -0.3 is 5.32 Å². The van der Waals surface area contributed by atoms with Crippen molar-refractivity contribution in [1.82, 2.24) is 0 Å². The fourth-order valence-corrected chi connectivity index (χ4v) is 3.03. The number of benzene rings is 2. The molecule has 0 aliphatic heterocycles. The fourth-order valence-electron chi connectivity index (χ4n) is 3.03. The molecule has 1 N–H and O–H groups in total. The molecule has 118 valence electrons. The number of hydrogen-bond acceptors (Lipinski definition) is 2. The molecule has 1 fully saturated rings. The third-order valence-electron chi connectivity index (χ3n) is 4.35. The van der Waals surface area contributed by atoms with Crippen molar-refractivity contribution in [2.24, 2.45) is 0 Å². The van der Waals surface area contributed by atoms with Crippen LogP contribution in [0.4, 0.5) is 5.69 Å². The second-order valence-electron chi connectivity index (χ2n) is 6.24. The smallest absolute Gasteiger partial charge is 0.160 e. The molecule has 2 aromatic carbocycles. The third kappa shape index (κ3) is 4.10. The average Bonchev–Trinajstić information content (AvgIpc) is 2.58. The standard InChI is InChI=1S/C21H23NO/c1-16-11-13-18(14-12-16)22-20(15-17-7-3-2-4-8-17)19-9-5-6-10-21(19)23/h2-4,7-8,11-14,22H,5-6,9-10,15H2,1H3/b20-19-. The summed E-state index contributed by atoms with van der Waals surface area (Å²) >= 11 is 0. The van der Waals surface area contributed by atoms with E-state index < -0.39 is 0 Å². The van der Waals surface area contributed by atoms with Crippen molar-refractivity contribution >= 4 is 11.5 Å². The molecule has 23 heavy (non-hydrogen) atoms. The highest BCUT2D eigenvalue weighted by Gasteiger charge is 2.19. The Bertz CT molecular complexity index is 698. The van der Waals surface area contributed by atoms with E-state index >= 15 is 0 Å². The van der Waals surface area contributed by atoms with Crippen molar-refractivity contribution < 1.29 is 4.79 Å². The number of hydrogen-bond donors (Lipinski definition) is 1. The second kappa shape index (κ2) is 7.28. The Kier molecular flexibility index (Phi) is 4.92. The number of ketones is 1. The first-order valence-corrected chi connectivity index (χ1v) is 8.35. The highest BCUT2D eigenvalue weighted by atomic mass is 16.1. The van der Waals surface area contributed by atoms with Crippen LogP contribution < -0.4 is 5.32 Å². The van der Waals surface area contributed by atoms with Gasteiger partial charge in [-0.3, -0.25) is 4.79 Å². The van der Waals surface area contributed by atoms with Crippen LogP contribution in [0.5, 0.6) is 0 Å². The number of carbonyl (C=O) groups is 1. The largest absolute Gasteiger partial charge is 0.358 e. The Morgan fingerprint density at radius 2 is 1.65 bits per heavy atom. The van der Waals surface area contributed by atoms with Crippen molar-refractivity contribution in [2.75, 3.05) is 5.32 Å². The summed E-state index contributed by atoms with van der Waals surface area (Å²) in [7, 11) is 0. The van der Waals surface area contributed by atoms with Crippen LogP contribution in [0.1, 0.15) is 36.8 Å². The van der Waals surface area contributed by atoms with Crippen molar-refractivity contribution in [1.29, 1.82) is 0 Å². The number of allylic oxidation sites excluding steroid dienone is 2. The van der Waals surface area contributed by atoms with Gasteiger partial charge in [0.2, 0.25) is 0 Å². The summed E-state index contributed by atoms with van der Waals surface area (Å²) in [5, 5.41) is 3.51. The van der Waals surface area contributed by atoms with E-state index in [4.69, 9.17) is 0 Å². The molecule has 2 aromatic rings. The van der Waals surface area contributed by atoms with Crippen molar-refractivity contribution in [3.63, 3.8) is 0 Å². The van der Waals surface area contributed by atoms with E-state index in [2.05, 4.69) is 48.6 Å². The van der Waals surface area contributed by atoms with Crippen LogP contribution in [0.3, 0.4) is 0 Å². The first-order chi connectivity index (χ1) is 11.2. The van der Waals surface area contributed by atoms with Crippen LogP contribution in [0.15, 0.2) is 65.9 Å². The van der Waals surface area contributed by atoms with E-state index in [9.17, 15) is 4.79 Å². The maximum absolute atomic E-state index is 12.4. The van der Waals surface area contributed by atoms with Crippen LogP contribution in [0, 0.1) is 6.92 Å². The van der Waals surface area contributed by atoms with E-state index in [0.717, 1.165) is 42.6 Å². The van der Waals surface area contributed by atoms with Crippen molar-refractivity contribution in [2.45, 2.75) is 39.0 Å². The number of rotatable bonds is 4. The van der Waals surface area contributed by atoms with Crippen LogP contribution in [-0.4, -0.2) is 5.78 Å². The van der Waals surface area contributed by atoms with Gasteiger partial charge in [-0.2, -0.15) is 0 Å². The molecule has 0 aromatic heterocycles. The Morgan fingerprint density at radius 3 is 2.35 bits per heavy atom. The quantitative estimate of drug-likeness (QED) is 0.801. The molecule has 0 atom stereocenters. The molecule has 3 rings (SSSR count). The molecule has 0 unspecified atom stereocenters. The number of nitrogens with one attached hydrogen (secondary N) is 1. The van der Waals surface area contributed by atoms with E-state index in [0.29, 0.717) is 12.2 Å². The molecule has 2 nitrogen and oxygen atoms in total. The Hall–Kier alpha value is -2.35. The molecule has 0 bridgehead atoms. The van der Waals surface area contributed by atoms with Gasteiger partial charge in [-0.25, -0.2) is 0 Å². The van der Waals surface area contributed by atoms with Gasteiger partial charge >= 0.3 is 0 Å².